The quantitative estimate of drug-likeness (QED) is 0.0699. The van der Waals surface area contributed by atoms with Crippen LogP contribution in [-0.4, -0.2) is 63.6 Å². The molecule has 2 N–H and O–H groups in total. The number of rotatable bonds is 15. The highest BCUT2D eigenvalue weighted by atomic mass is 79.9. The second-order valence-corrected chi connectivity index (χ2v) is 12.4. The monoisotopic (exact) mass is 704 g/mol. The fourth-order valence-electron chi connectivity index (χ4n) is 5.07. The molecule has 0 aromatic heterocycles. The minimum Gasteiger partial charge on any atom is -0.493 e. The van der Waals surface area contributed by atoms with Crippen LogP contribution < -0.4 is 29.0 Å². The number of carbonyl (C=O) groups is 1. The molecule has 0 bridgehead atoms. The molecule has 1 aliphatic rings. The van der Waals surface area contributed by atoms with Gasteiger partial charge in [-0.1, -0.05) is 35.3 Å². The van der Waals surface area contributed by atoms with Crippen LogP contribution in [0, 0.1) is 0 Å². The molecule has 0 saturated carbocycles. The van der Waals surface area contributed by atoms with E-state index in [0.717, 1.165) is 39.8 Å². The highest BCUT2D eigenvalue weighted by Crippen LogP contribution is 2.48. The molecular formula is C33H41BrN2O8S. The number of urea groups is 1. The van der Waals surface area contributed by atoms with Gasteiger partial charge in [-0.05, 0) is 72.9 Å². The van der Waals surface area contributed by atoms with Gasteiger partial charge in [0.05, 0.1) is 59.5 Å². The molecule has 10 nitrogen and oxygen atoms in total. The number of ether oxygens (including phenoxy) is 6. The maximum Gasteiger partial charge on any atom is 0.345 e. The van der Waals surface area contributed by atoms with Crippen molar-refractivity contribution in [1.29, 1.82) is 0 Å². The fraction of sp³-hybridized carbons (Fsp3) is 0.424. The lowest BCUT2D eigenvalue weighted by atomic mass is 10.0. The van der Waals surface area contributed by atoms with Crippen LogP contribution in [0.2, 0.25) is 0 Å². The first-order chi connectivity index (χ1) is 21.8. The molecule has 1 saturated heterocycles. The Kier molecular flexibility index (Phi) is 12.9. The summed E-state index contributed by atoms with van der Waals surface area (Å²) >= 11 is 5.16. The fourth-order valence-corrected chi connectivity index (χ4v) is 6.41. The minimum absolute atomic E-state index is 0.209. The number of carbonyl (C=O) groups excluding carboxylic acids is 1. The largest absolute Gasteiger partial charge is 0.493 e. The number of thioether (sulfide) groups is 1. The van der Waals surface area contributed by atoms with Gasteiger partial charge in [-0.25, -0.2) is 9.86 Å². The summed E-state index contributed by atoms with van der Waals surface area (Å²) in [6.45, 7) is 2.56. The van der Waals surface area contributed by atoms with Gasteiger partial charge in [0.15, 0.2) is 23.0 Å². The molecule has 3 aromatic rings. The maximum atomic E-state index is 13.0. The standard InChI is InChI=1S/C33H41BrN2O8S/c1-6-7-13-36(38)33(37)35-25-16-21(17-28(39-2)31(25)43-14-15-45-24-10-8-9-23(34)20-24)26-11-12-27(44-26)22-18-29(40-3)32(42-5)30(19-22)41-4/h8-10,16-20,26-27,38H,6-7,11-15H2,1-5H3,(H,35,37)/t26-,27-/m1/s1. The number of unbranched alkanes of at least 4 members (excludes halogenated alkanes) is 1. The van der Waals surface area contributed by atoms with Crippen LogP contribution in [0.15, 0.2) is 57.9 Å². The topological polar surface area (TPSA) is 108 Å². The zero-order valence-corrected chi connectivity index (χ0v) is 28.7. The van der Waals surface area contributed by atoms with E-state index >= 15 is 0 Å². The number of anilines is 1. The van der Waals surface area contributed by atoms with Crippen LogP contribution >= 0.6 is 27.7 Å². The Morgan fingerprint density at radius 3 is 2.16 bits per heavy atom. The first kappa shape index (κ1) is 34.6. The lowest BCUT2D eigenvalue weighted by Gasteiger charge is -2.22. The van der Waals surface area contributed by atoms with Crippen molar-refractivity contribution in [1.82, 2.24) is 5.06 Å². The number of hydroxylamine groups is 2. The van der Waals surface area contributed by atoms with Crippen molar-refractivity contribution in [2.45, 2.75) is 49.7 Å². The summed E-state index contributed by atoms with van der Waals surface area (Å²) < 4.78 is 36.1. The molecule has 3 aromatic carbocycles. The summed E-state index contributed by atoms with van der Waals surface area (Å²) in [6, 6.07) is 14.9. The number of hydrogen-bond donors (Lipinski definition) is 2. The lowest BCUT2D eigenvalue weighted by Crippen LogP contribution is -2.33. The minimum atomic E-state index is -0.654. The predicted octanol–water partition coefficient (Wildman–Crippen LogP) is 8.27. The van der Waals surface area contributed by atoms with Crippen LogP contribution in [0.25, 0.3) is 0 Å². The first-order valence-electron chi connectivity index (χ1n) is 14.8. The zero-order chi connectivity index (χ0) is 32.3. The molecular weight excluding hydrogens is 664 g/mol. The molecule has 2 amide bonds. The number of benzene rings is 3. The molecule has 0 aliphatic carbocycles. The van der Waals surface area contributed by atoms with Crippen LogP contribution in [0.5, 0.6) is 28.7 Å². The molecule has 12 heteroatoms. The third-order valence-corrected chi connectivity index (χ3v) is 8.79. The van der Waals surface area contributed by atoms with Gasteiger partial charge in [0.2, 0.25) is 5.75 Å². The Morgan fingerprint density at radius 2 is 1.58 bits per heavy atom. The molecule has 2 atom stereocenters. The smallest absolute Gasteiger partial charge is 0.345 e. The number of amides is 2. The number of nitrogens with zero attached hydrogens (tertiary/aromatic N) is 1. The first-order valence-corrected chi connectivity index (χ1v) is 16.5. The Labute approximate surface area is 277 Å². The number of hydrogen-bond acceptors (Lipinski definition) is 9. The molecule has 244 valence electrons. The number of halogens is 1. The second-order valence-electron chi connectivity index (χ2n) is 10.3. The van der Waals surface area contributed by atoms with Crippen molar-refractivity contribution in [2.24, 2.45) is 0 Å². The third kappa shape index (κ3) is 8.90. The molecule has 1 heterocycles. The van der Waals surface area contributed by atoms with E-state index in [9.17, 15) is 10.0 Å². The van der Waals surface area contributed by atoms with E-state index in [1.165, 1.54) is 0 Å². The van der Waals surface area contributed by atoms with E-state index in [-0.39, 0.29) is 18.8 Å². The summed E-state index contributed by atoms with van der Waals surface area (Å²) in [4.78, 5) is 14.1. The Bertz CT molecular complexity index is 1420. The summed E-state index contributed by atoms with van der Waals surface area (Å²) in [6.07, 6.45) is 2.47. The summed E-state index contributed by atoms with van der Waals surface area (Å²) in [5.74, 6) is 3.13. The van der Waals surface area contributed by atoms with Gasteiger partial charge >= 0.3 is 6.03 Å². The van der Waals surface area contributed by atoms with Crippen molar-refractivity contribution in [3.05, 3.63) is 64.1 Å². The van der Waals surface area contributed by atoms with E-state index in [2.05, 4.69) is 21.2 Å². The molecule has 0 radical (unpaired) electrons. The van der Waals surface area contributed by atoms with Gasteiger partial charge < -0.3 is 33.7 Å². The van der Waals surface area contributed by atoms with Crippen molar-refractivity contribution in [3.8, 4) is 28.7 Å². The van der Waals surface area contributed by atoms with Crippen molar-refractivity contribution >= 4 is 39.4 Å². The van der Waals surface area contributed by atoms with Gasteiger partial charge in [-0.2, -0.15) is 0 Å². The average Bonchev–Trinajstić information content (AvgIpc) is 3.55. The van der Waals surface area contributed by atoms with Crippen LogP contribution in [0.4, 0.5) is 10.5 Å². The van der Waals surface area contributed by atoms with Crippen molar-refractivity contribution in [3.63, 3.8) is 0 Å². The number of methoxy groups -OCH3 is 4. The summed E-state index contributed by atoms with van der Waals surface area (Å²) in [5.41, 5.74) is 2.10. The Morgan fingerprint density at radius 1 is 0.956 bits per heavy atom. The Hall–Kier alpha value is -3.32. The van der Waals surface area contributed by atoms with Gasteiger partial charge in [-0.15, -0.1) is 11.8 Å². The van der Waals surface area contributed by atoms with Gasteiger partial charge in [0.1, 0.15) is 0 Å². The van der Waals surface area contributed by atoms with E-state index in [0.29, 0.717) is 58.3 Å². The Balaban J connectivity index is 1.57. The molecule has 45 heavy (non-hydrogen) atoms. The third-order valence-electron chi connectivity index (χ3n) is 7.34. The number of nitrogens with one attached hydrogen (secondary N) is 1. The van der Waals surface area contributed by atoms with Crippen LogP contribution in [0.3, 0.4) is 0 Å². The van der Waals surface area contributed by atoms with Gasteiger partial charge in [0.25, 0.3) is 0 Å². The highest BCUT2D eigenvalue weighted by molar-refractivity contribution is 9.10. The zero-order valence-electron chi connectivity index (χ0n) is 26.3. The molecule has 0 unspecified atom stereocenters. The maximum absolute atomic E-state index is 13.0. The van der Waals surface area contributed by atoms with Gasteiger partial charge in [-0.3, -0.25) is 5.21 Å². The van der Waals surface area contributed by atoms with E-state index in [1.807, 2.05) is 55.5 Å². The summed E-state index contributed by atoms with van der Waals surface area (Å²) in [5, 5.41) is 13.9. The van der Waals surface area contributed by atoms with E-state index in [1.54, 1.807) is 40.2 Å². The van der Waals surface area contributed by atoms with E-state index < -0.39 is 6.03 Å². The highest BCUT2D eigenvalue weighted by Gasteiger charge is 2.31. The summed E-state index contributed by atoms with van der Waals surface area (Å²) in [7, 11) is 6.29. The predicted molar refractivity (Wildman–Crippen MR) is 178 cm³/mol. The second kappa shape index (κ2) is 16.8. The average molecular weight is 706 g/mol. The SMILES string of the molecule is CCCCN(O)C(=O)Nc1cc([C@H]2CC[C@H](c3cc(OC)c(OC)c(OC)c3)O2)cc(OC)c1OCCSc1cccc(Br)c1. The molecule has 4 rings (SSSR count). The van der Waals surface area contributed by atoms with Crippen LogP contribution in [-0.2, 0) is 4.74 Å². The van der Waals surface area contributed by atoms with Gasteiger partial charge in [0, 0.05) is 15.1 Å². The van der Waals surface area contributed by atoms with Crippen molar-refractivity contribution < 1.29 is 38.4 Å². The van der Waals surface area contributed by atoms with E-state index in [4.69, 9.17) is 28.4 Å². The van der Waals surface area contributed by atoms with Crippen molar-refractivity contribution in [2.75, 3.05) is 52.7 Å². The molecule has 1 fully saturated rings. The molecule has 1 aliphatic heterocycles. The van der Waals surface area contributed by atoms with Crippen LogP contribution in [0.1, 0.15) is 55.9 Å². The molecule has 0 spiro atoms. The lowest BCUT2D eigenvalue weighted by molar-refractivity contribution is -0.0379. The normalized spacial score (nSPS) is 15.8.